The fourth-order valence-corrected chi connectivity index (χ4v) is 3.60. The molecule has 46 heavy (non-hydrogen) atoms. The summed E-state index contributed by atoms with van der Waals surface area (Å²) in [7, 11) is 0. The highest BCUT2D eigenvalue weighted by molar-refractivity contribution is 6.13. The largest absolute Gasteiger partial charge is 0.379 e. The maximum atomic E-state index is 12.9. The second-order valence-electron chi connectivity index (χ2n) is 9.62. The van der Waals surface area contributed by atoms with Crippen molar-refractivity contribution in [3.8, 4) is 0 Å². The molecule has 4 N–H and O–H groups in total. The Labute approximate surface area is 269 Å². The normalized spacial score (nSPS) is 12.7. The Balaban J connectivity index is 2.17. The number of imide groups is 1. The van der Waals surface area contributed by atoms with E-state index in [1.54, 1.807) is 4.90 Å². The van der Waals surface area contributed by atoms with Gasteiger partial charge in [0.2, 0.25) is 17.7 Å². The summed E-state index contributed by atoms with van der Waals surface area (Å²) in [5.74, 6) is -1.93. The summed E-state index contributed by atoms with van der Waals surface area (Å²) in [6, 6.07) is 0. The molecule has 17 heteroatoms. The molecule has 264 valence electrons. The van der Waals surface area contributed by atoms with Crippen molar-refractivity contribution in [3.05, 3.63) is 12.2 Å². The first-order chi connectivity index (χ1) is 22.3. The summed E-state index contributed by atoms with van der Waals surface area (Å²) >= 11 is 0. The monoisotopic (exact) mass is 662 g/mol. The lowest BCUT2D eigenvalue weighted by molar-refractivity contribution is -0.138. The standard InChI is InChI=1S/C29H50N4O13/c30-25(34)4-9-39-13-17-43-21-23-45-19-15-41-11-7-32(27(36)3-6-33-28(37)1-2-29(33)38)8-12-42-16-20-46-24-22-44-18-14-40-10-5-26(31)35/h1-2H,3-24H2,(H2,30,34)(H2,31,35). The Kier molecular flexibility index (Phi) is 25.1. The minimum atomic E-state index is -0.436. The van der Waals surface area contributed by atoms with E-state index in [1.165, 1.54) is 12.2 Å². The van der Waals surface area contributed by atoms with Crippen LogP contribution >= 0.6 is 0 Å². The predicted octanol–water partition coefficient (Wildman–Crippen LogP) is -1.99. The number of primary amides is 2. The van der Waals surface area contributed by atoms with Gasteiger partial charge in [-0.05, 0) is 0 Å². The fourth-order valence-electron chi connectivity index (χ4n) is 3.60. The molecule has 1 heterocycles. The number of carbonyl (C=O) groups is 5. The van der Waals surface area contributed by atoms with Crippen LogP contribution in [0.2, 0.25) is 0 Å². The van der Waals surface area contributed by atoms with Crippen molar-refractivity contribution in [2.45, 2.75) is 19.3 Å². The molecule has 1 aliphatic rings. The average Bonchev–Trinajstić information content (AvgIpc) is 3.34. The molecule has 0 saturated heterocycles. The number of hydrogen-bond acceptors (Lipinski definition) is 13. The number of rotatable bonds is 33. The molecule has 0 atom stereocenters. The number of carbonyl (C=O) groups excluding carboxylic acids is 5. The molecule has 1 aliphatic heterocycles. The minimum Gasteiger partial charge on any atom is -0.379 e. The van der Waals surface area contributed by atoms with E-state index in [0.29, 0.717) is 92.4 Å². The lowest BCUT2D eigenvalue weighted by Gasteiger charge is -2.24. The van der Waals surface area contributed by atoms with Crippen LogP contribution in [-0.2, 0) is 61.9 Å². The van der Waals surface area contributed by atoms with Crippen LogP contribution in [0.4, 0.5) is 0 Å². The highest BCUT2D eigenvalue weighted by Gasteiger charge is 2.24. The van der Waals surface area contributed by atoms with Gasteiger partial charge in [0.15, 0.2) is 0 Å². The Morgan fingerprint density at radius 2 is 0.804 bits per heavy atom. The summed E-state index contributed by atoms with van der Waals surface area (Å²) < 4.78 is 43.2. The first kappa shape index (κ1) is 41.0. The van der Waals surface area contributed by atoms with Crippen LogP contribution in [0.3, 0.4) is 0 Å². The molecule has 0 saturated carbocycles. The Hall–Kier alpha value is -3.03. The van der Waals surface area contributed by atoms with E-state index in [1.807, 2.05) is 0 Å². The predicted molar refractivity (Wildman–Crippen MR) is 161 cm³/mol. The Bertz CT molecular complexity index is 846. The van der Waals surface area contributed by atoms with E-state index in [0.717, 1.165) is 4.90 Å². The molecule has 0 bridgehead atoms. The molecular weight excluding hydrogens is 612 g/mol. The Morgan fingerprint density at radius 3 is 1.13 bits per heavy atom. The number of ether oxygens (including phenoxy) is 8. The van der Waals surface area contributed by atoms with E-state index in [4.69, 9.17) is 49.4 Å². The quantitative estimate of drug-likeness (QED) is 0.0576. The van der Waals surface area contributed by atoms with Crippen LogP contribution < -0.4 is 11.5 Å². The van der Waals surface area contributed by atoms with E-state index < -0.39 is 23.6 Å². The first-order valence-corrected chi connectivity index (χ1v) is 15.3. The summed E-state index contributed by atoms with van der Waals surface area (Å²) in [5, 5.41) is 0. The third-order valence-corrected chi connectivity index (χ3v) is 6.03. The zero-order valence-electron chi connectivity index (χ0n) is 26.6. The molecular formula is C29H50N4O13. The maximum Gasteiger partial charge on any atom is 0.253 e. The maximum absolute atomic E-state index is 12.9. The lowest BCUT2D eigenvalue weighted by atomic mass is 10.3. The fraction of sp³-hybridized carbons (Fsp3) is 0.759. The number of hydrogen-bond donors (Lipinski definition) is 2. The number of amides is 5. The second-order valence-corrected chi connectivity index (χ2v) is 9.62. The third-order valence-electron chi connectivity index (χ3n) is 6.03. The highest BCUT2D eigenvalue weighted by Crippen LogP contribution is 2.06. The Morgan fingerprint density at radius 1 is 0.500 bits per heavy atom. The molecule has 0 aliphatic carbocycles. The first-order valence-electron chi connectivity index (χ1n) is 15.3. The molecule has 5 amide bonds. The molecule has 0 unspecified atom stereocenters. The molecule has 0 spiro atoms. The van der Waals surface area contributed by atoms with Gasteiger partial charge in [-0.15, -0.1) is 0 Å². The van der Waals surface area contributed by atoms with E-state index in [2.05, 4.69) is 0 Å². The van der Waals surface area contributed by atoms with Crippen LogP contribution in [0.15, 0.2) is 12.2 Å². The van der Waals surface area contributed by atoms with Gasteiger partial charge in [0.1, 0.15) is 0 Å². The third kappa shape index (κ3) is 23.3. The highest BCUT2D eigenvalue weighted by atomic mass is 16.6. The molecule has 0 radical (unpaired) electrons. The summed E-state index contributed by atoms with van der Waals surface area (Å²) in [6.07, 6.45) is 2.70. The van der Waals surface area contributed by atoms with Gasteiger partial charge in [0.25, 0.3) is 11.8 Å². The lowest BCUT2D eigenvalue weighted by Crippen LogP contribution is -2.40. The van der Waals surface area contributed by atoms with Crippen LogP contribution in [-0.4, -0.2) is 165 Å². The molecule has 1 rings (SSSR count). The van der Waals surface area contributed by atoms with Crippen molar-refractivity contribution in [2.75, 3.05) is 125 Å². The zero-order chi connectivity index (χ0) is 33.7. The van der Waals surface area contributed by atoms with Gasteiger partial charge in [-0.25, -0.2) is 0 Å². The van der Waals surface area contributed by atoms with E-state index >= 15 is 0 Å². The van der Waals surface area contributed by atoms with Crippen LogP contribution in [0.25, 0.3) is 0 Å². The van der Waals surface area contributed by atoms with E-state index in [9.17, 15) is 24.0 Å². The zero-order valence-corrected chi connectivity index (χ0v) is 26.6. The van der Waals surface area contributed by atoms with Crippen molar-refractivity contribution in [1.82, 2.24) is 9.80 Å². The second kappa shape index (κ2) is 28.2. The van der Waals surface area contributed by atoms with Gasteiger partial charge < -0.3 is 54.3 Å². The molecule has 0 aromatic rings. The van der Waals surface area contributed by atoms with Crippen molar-refractivity contribution < 1.29 is 61.9 Å². The average molecular weight is 663 g/mol. The van der Waals surface area contributed by atoms with Crippen molar-refractivity contribution in [3.63, 3.8) is 0 Å². The number of nitrogens with zero attached hydrogens (tertiary/aromatic N) is 2. The molecule has 0 aromatic carbocycles. The summed E-state index contributed by atoms with van der Waals surface area (Å²) in [4.78, 5) is 60.3. The molecule has 0 fully saturated rings. The van der Waals surface area contributed by atoms with Gasteiger partial charge in [-0.1, -0.05) is 0 Å². The van der Waals surface area contributed by atoms with E-state index in [-0.39, 0.29) is 58.1 Å². The van der Waals surface area contributed by atoms with Gasteiger partial charge in [-0.2, -0.15) is 0 Å². The summed E-state index contributed by atoms with van der Waals surface area (Å²) in [6.45, 7) is 5.97. The topological polar surface area (TPSA) is 218 Å². The van der Waals surface area contributed by atoms with Crippen molar-refractivity contribution in [1.29, 1.82) is 0 Å². The van der Waals surface area contributed by atoms with Gasteiger partial charge in [0.05, 0.1) is 106 Å². The SMILES string of the molecule is NC(=O)CCOCCOCCOCCOCCN(CCOCCOCCOCCOCCC(N)=O)C(=O)CCN1C(=O)C=CC1=O. The van der Waals surface area contributed by atoms with Gasteiger partial charge in [0, 0.05) is 51.0 Å². The van der Waals surface area contributed by atoms with Crippen molar-refractivity contribution in [2.24, 2.45) is 11.5 Å². The van der Waals surface area contributed by atoms with Gasteiger partial charge >= 0.3 is 0 Å². The minimum absolute atomic E-state index is 0.00741. The van der Waals surface area contributed by atoms with Gasteiger partial charge in [-0.3, -0.25) is 28.9 Å². The van der Waals surface area contributed by atoms with Crippen LogP contribution in [0, 0.1) is 0 Å². The smallest absolute Gasteiger partial charge is 0.253 e. The van der Waals surface area contributed by atoms with Crippen LogP contribution in [0.1, 0.15) is 19.3 Å². The molecule has 0 aromatic heterocycles. The van der Waals surface area contributed by atoms with Crippen molar-refractivity contribution >= 4 is 29.5 Å². The summed E-state index contributed by atoms with van der Waals surface area (Å²) in [5.41, 5.74) is 10.1. The van der Waals surface area contributed by atoms with Crippen LogP contribution in [0.5, 0.6) is 0 Å². The number of nitrogens with two attached hydrogens (primary N) is 2. The molecule has 17 nitrogen and oxygen atoms in total.